The summed E-state index contributed by atoms with van der Waals surface area (Å²) in [5.41, 5.74) is 1.14. The third kappa shape index (κ3) is 5.40. The van der Waals surface area contributed by atoms with Gasteiger partial charge in [0.05, 0.1) is 32.8 Å². The van der Waals surface area contributed by atoms with Crippen molar-refractivity contribution in [1.82, 2.24) is 0 Å². The zero-order valence-electron chi connectivity index (χ0n) is 15.3. The molecule has 2 aliphatic rings. The van der Waals surface area contributed by atoms with Crippen molar-refractivity contribution in [2.45, 2.75) is 44.7 Å². The molecule has 26 heavy (non-hydrogen) atoms. The first-order valence-corrected chi connectivity index (χ1v) is 9.40. The third-order valence-corrected chi connectivity index (χ3v) is 5.02. The van der Waals surface area contributed by atoms with Crippen LogP contribution in [0, 0.1) is 11.8 Å². The summed E-state index contributed by atoms with van der Waals surface area (Å²) in [6, 6.07) is 10.1. The molecule has 1 unspecified atom stereocenters. The molecule has 1 aliphatic heterocycles. The Balaban J connectivity index is 1.57. The van der Waals surface area contributed by atoms with Crippen LogP contribution in [0.5, 0.6) is 0 Å². The fourth-order valence-corrected chi connectivity index (χ4v) is 3.52. The van der Waals surface area contributed by atoms with Crippen molar-refractivity contribution in [1.29, 1.82) is 0 Å². The number of ether oxygens (including phenoxy) is 4. The van der Waals surface area contributed by atoms with Crippen LogP contribution in [0.3, 0.4) is 0 Å². The highest BCUT2D eigenvalue weighted by Gasteiger charge is 2.36. The summed E-state index contributed by atoms with van der Waals surface area (Å²) in [5.74, 6) is -0.0579. The van der Waals surface area contributed by atoms with Gasteiger partial charge >= 0.3 is 5.97 Å². The van der Waals surface area contributed by atoms with Crippen molar-refractivity contribution in [2.24, 2.45) is 11.8 Å². The molecule has 1 aliphatic carbocycles. The Morgan fingerprint density at radius 3 is 2.77 bits per heavy atom. The molecule has 1 aromatic rings. The molecule has 1 fully saturated rings. The van der Waals surface area contributed by atoms with E-state index in [0.29, 0.717) is 19.6 Å². The Hall–Kier alpha value is -1.69. The minimum absolute atomic E-state index is 0.0619. The van der Waals surface area contributed by atoms with Gasteiger partial charge in [-0.1, -0.05) is 42.5 Å². The monoisotopic (exact) mass is 360 g/mol. The van der Waals surface area contributed by atoms with Crippen molar-refractivity contribution >= 4 is 5.97 Å². The number of hydrogen-bond acceptors (Lipinski definition) is 5. The molecule has 0 saturated carbocycles. The van der Waals surface area contributed by atoms with Gasteiger partial charge in [0.2, 0.25) is 0 Å². The Morgan fingerprint density at radius 2 is 2.04 bits per heavy atom. The fourth-order valence-electron chi connectivity index (χ4n) is 3.52. The summed E-state index contributed by atoms with van der Waals surface area (Å²) >= 11 is 0. The lowest BCUT2D eigenvalue weighted by atomic mass is 9.91. The van der Waals surface area contributed by atoms with Crippen molar-refractivity contribution < 1.29 is 23.7 Å². The molecule has 0 spiro atoms. The highest BCUT2D eigenvalue weighted by Crippen LogP contribution is 2.33. The molecule has 5 nitrogen and oxygen atoms in total. The van der Waals surface area contributed by atoms with Gasteiger partial charge in [0.15, 0.2) is 6.29 Å². The van der Waals surface area contributed by atoms with E-state index >= 15 is 0 Å². The Kier molecular flexibility index (Phi) is 7.23. The molecular weight excluding hydrogens is 332 g/mol. The number of rotatable bonds is 8. The largest absolute Gasteiger partial charge is 0.469 e. The summed E-state index contributed by atoms with van der Waals surface area (Å²) in [6.45, 7) is 1.83. The molecule has 1 aromatic carbocycles. The lowest BCUT2D eigenvalue weighted by Crippen LogP contribution is -2.34. The van der Waals surface area contributed by atoms with Crippen LogP contribution < -0.4 is 0 Å². The van der Waals surface area contributed by atoms with E-state index in [4.69, 9.17) is 18.9 Å². The van der Waals surface area contributed by atoms with E-state index in [2.05, 4.69) is 6.08 Å². The molecule has 142 valence electrons. The second-order valence-electron chi connectivity index (χ2n) is 6.89. The standard InChI is InChI=1S/C21H28O5/c1-23-20(22)13-17-10-11-19(26-21-9-5-6-12-25-21)18(17)15-24-14-16-7-3-2-4-8-16/h2-4,7-8,10-11,17-19,21H,5-6,9,12-15H2,1H3/t17-,18-,19-,21?/m0/s1. The van der Waals surface area contributed by atoms with Crippen LogP contribution in [0.1, 0.15) is 31.2 Å². The van der Waals surface area contributed by atoms with Gasteiger partial charge in [-0.05, 0) is 30.7 Å². The fraction of sp³-hybridized carbons (Fsp3) is 0.571. The predicted octanol–water partition coefficient (Wildman–Crippen LogP) is 3.48. The van der Waals surface area contributed by atoms with E-state index in [9.17, 15) is 4.79 Å². The number of methoxy groups -OCH3 is 1. The third-order valence-electron chi connectivity index (χ3n) is 5.02. The Bertz CT molecular complexity index is 579. The predicted molar refractivity (Wildman–Crippen MR) is 97.3 cm³/mol. The first-order valence-electron chi connectivity index (χ1n) is 9.40. The van der Waals surface area contributed by atoms with E-state index < -0.39 is 0 Å². The van der Waals surface area contributed by atoms with Crippen LogP contribution >= 0.6 is 0 Å². The smallest absolute Gasteiger partial charge is 0.306 e. The maximum atomic E-state index is 11.7. The lowest BCUT2D eigenvalue weighted by molar-refractivity contribution is -0.191. The summed E-state index contributed by atoms with van der Waals surface area (Å²) in [6.07, 6.45) is 7.33. The minimum Gasteiger partial charge on any atom is -0.469 e. The van der Waals surface area contributed by atoms with Gasteiger partial charge in [0, 0.05) is 12.5 Å². The van der Waals surface area contributed by atoms with Gasteiger partial charge < -0.3 is 18.9 Å². The molecule has 1 saturated heterocycles. The lowest BCUT2D eigenvalue weighted by Gasteiger charge is -2.30. The van der Waals surface area contributed by atoms with Crippen LogP contribution in [0.4, 0.5) is 0 Å². The second kappa shape index (κ2) is 9.86. The highest BCUT2D eigenvalue weighted by molar-refractivity contribution is 5.69. The Morgan fingerprint density at radius 1 is 1.19 bits per heavy atom. The van der Waals surface area contributed by atoms with E-state index in [1.54, 1.807) is 0 Å². The van der Waals surface area contributed by atoms with Crippen LogP contribution in [-0.4, -0.2) is 38.7 Å². The topological polar surface area (TPSA) is 54.0 Å². The van der Waals surface area contributed by atoms with Crippen molar-refractivity contribution in [3.05, 3.63) is 48.0 Å². The number of esters is 1. The van der Waals surface area contributed by atoms with E-state index in [-0.39, 0.29) is 30.2 Å². The average molecular weight is 360 g/mol. The van der Waals surface area contributed by atoms with Gasteiger partial charge in [0.25, 0.3) is 0 Å². The van der Waals surface area contributed by atoms with Gasteiger partial charge in [-0.15, -0.1) is 0 Å². The first-order chi connectivity index (χ1) is 12.8. The molecule has 3 rings (SSSR count). The minimum atomic E-state index is -0.206. The summed E-state index contributed by atoms with van der Waals surface area (Å²) in [7, 11) is 1.42. The number of allylic oxidation sites excluding steroid dienone is 1. The zero-order valence-corrected chi connectivity index (χ0v) is 15.3. The van der Waals surface area contributed by atoms with E-state index in [1.165, 1.54) is 7.11 Å². The molecule has 0 amide bonds. The Labute approximate surface area is 155 Å². The number of benzene rings is 1. The number of hydrogen-bond donors (Lipinski definition) is 0. The second-order valence-corrected chi connectivity index (χ2v) is 6.89. The van der Waals surface area contributed by atoms with Gasteiger partial charge in [-0.25, -0.2) is 0 Å². The molecular formula is C21H28O5. The molecule has 0 radical (unpaired) electrons. The molecule has 0 aromatic heterocycles. The van der Waals surface area contributed by atoms with Gasteiger partial charge in [0.1, 0.15) is 0 Å². The van der Waals surface area contributed by atoms with E-state index in [0.717, 1.165) is 31.4 Å². The van der Waals surface area contributed by atoms with Crippen molar-refractivity contribution in [3.8, 4) is 0 Å². The maximum Gasteiger partial charge on any atom is 0.306 e. The summed E-state index contributed by atoms with van der Waals surface area (Å²) in [4.78, 5) is 11.7. The van der Waals surface area contributed by atoms with Gasteiger partial charge in [-0.3, -0.25) is 4.79 Å². The molecule has 0 bridgehead atoms. The number of carbonyl (C=O) groups excluding carboxylic acids is 1. The van der Waals surface area contributed by atoms with Crippen LogP contribution in [0.15, 0.2) is 42.5 Å². The highest BCUT2D eigenvalue weighted by atomic mass is 16.7. The summed E-state index contributed by atoms with van der Waals surface area (Å²) < 4.78 is 22.7. The SMILES string of the molecule is COC(=O)C[C@@H]1C=C[C@H](OC2CCCCO2)[C@H]1COCc1ccccc1. The van der Waals surface area contributed by atoms with Gasteiger partial charge in [-0.2, -0.15) is 0 Å². The zero-order chi connectivity index (χ0) is 18.2. The normalized spacial score (nSPS) is 28.2. The molecule has 0 N–H and O–H groups in total. The summed E-state index contributed by atoms with van der Waals surface area (Å²) in [5, 5.41) is 0. The first kappa shape index (κ1) is 19.1. The number of carbonyl (C=O) groups is 1. The molecule has 4 atom stereocenters. The van der Waals surface area contributed by atoms with E-state index in [1.807, 2.05) is 36.4 Å². The van der Waals surface area contributed by atoms with Crippen LogP contribution in [0.25, 0.3) is 0 Å². The van der Waals surface area contributed by atoms with Crippen LogP contribution in [-0.2, 0) is 30.3 Å². The maximum absolute atomic E-state index is 11.7. The quantitative estimate of drug-likeness (QED) is 0.525. The molecule has 5 heteroatoms. The van der Waals surface area contributed by atoms with Crippen molar-refractivity contribution in [3.63, 3.8) is 0 Å². The molecule has 1 heterocycles. The van der Waals surface area contributed by atoms with Crippen molar-refractivity contribution in [2.75, 3.05) is 20.3 Å². The van der Waals surface area contributed by atoms with Crippen LogP contribution in [0.2, 0.25) is 0 Å². The average Bonchev–Trinajstić information content (AvgIpc) is 3.04.